The highest BCUT2D eigenvalue weighted by molar-refractivity contribution is 8.03. The lowest BCUT2D eigenvalue weighted by molar-refractivity contribution is -0.116. The third-order valence-corrected chi connectivity index (χ3v) is 4.98. The zero-order valence-corrected chi connectivity index (χ0v) is 12.1. The van der Waals surface area contributed by atoms with Crippen molar-refractivity contribution in [3.63, 3.8) is 0 Å². The fourth-order valence-electron chi connectivity index (χ4n) is 2.79. The van der Waals surface area contributed by atoms with Gasteiger partial charge in [-0.1, -0.05) is 54.2 Å². The summed E-state index contributed by atoms with van der Waals surface area (Å²) < 4.78 is 0. The van der Waals surface area contributed by atoms with Crippen LogP contribution in [0.2, 0.25) is 0 Å². The topological polar surface area (TPSA) is 41.1 Å². The maximum atomic E-state index is 12.3. The van der Waals surface area contributed by atoms with Gasteiger partial charge in [0.2, 0.25) is 0 Å². The van der Waals surface area contributed by atoms with E-state index in [2.05, 4.69) is 34.9 Å². The number of thioether (sulfide) groups is 1. The van der Waals surface area contributed by atoms with E-state index in [0.29, 0.717) is 6.54 Å². The van der Waals surface area contributed by atoms with Crippen molar-refractivity contribution >= 4 is 23.4 Å². The second-order valence-corrected chi connectivity index (χ2v) is 6.24. The zero-order valence-electron chi connectivity index (χ0n) is 11.3. The number of amides is 1. The molecule has 4 heteroatoms. The van der Waals surface area contributed by atoms with Gasteiger partial charge in [0.15, 0.2) is 0 Å². The molecule has 2 aliphatic rings. The molecule has 21 heavy (non-hydrogen) atoms. The third-order valence-electron chi connectivity index (χ3n) is 3.80. The van der Waals surface area contributed by atoms with Crippen molar-refractivity contribution in [1.29, 1.82) is 0 Å². The first-order valence-corrected chi connectivity index (χ1v) is 7.74. The summed E-state index contributed by atoms with van der Waals surface area (Å²) in [5.74, 6) is 0.0339. The Balaban J connectivity index is 1.87. The summed E-state index contributed by atoms with van der Waals surface area (Å²) in [7, 11) is 0. The van der Waals surface area contributed by atoms with E-state index in [1.54, 1.807) is 11.8 Å². The number of hydrogen-bond donors (Lipinski definition) is 2. The number of rotatable bonds is 1. The minimum atomic E-state index is -0.0974. The molecule has 2 heterocycles. The Morgan fingerprint density at radius 1 is 1.00 bits per heavy atom. The molecule has 2 aromatic carbocycles. The molecule has 0 aliphatic carbocycles. The van der Waals surface area contributed by atoms with Crippen molar-refractivity contribution in [2.45, 2.75) is 10.9 Å². The molecule has 4 rings (SSSR count). The van der Waals surface area contributed by atoms with E-state index in [0.717, 1.165) is 21.7 Å². The predicted octanol–water partition coefficient (Wildman–Crippen LogP) is 3.33. The van der Waals surface area contributed by atoms with Gasteiger partial charge in [-0.05, 0) is 17.7 Å². The second kappa shape index (κ2) is 4.97. The molecule has 2 aromatic rings. The first-order chi connectivity index (χ1) is 10.3. The zero-order chi connectivity index (χ0) is 14.2. The predicted molar refractivity (Wildman–Crippen MR) is 85.1 cm³/mol. The van der Waals surface area contributed by atoms with Crippen LogP contribution in [0, 0.1) is 0 Å². The first kappa shape index (κ1) is 12.5. The monoisotopic (exact) mass is 294 g/mol. The molecule has 1 amide bonds. The van der Waals surface area contributed by atoms with Crippen LogP contribution in [0.25, 0.3) is 0 Å². The molecule has 104 valence electrons. The average Bonchev–Trinajstić information content (AvgIpc) is 2.80. The van der Waals surface area contributed by atoms with Crippen molar-refractivity contribution in [2.75, 3.05) is 11.9 Å². The molecule has 0 aromatic heterocycles. The van der Waals surface area contributed by atoms with Gasteiger partial charge in [0.25, 0.3) is 5.91 Å². The summed E-state index contributed by atoms with van der Waals surface area (Å²) in [5.41, 5.74) is 3.04. The molecule has 0 fully saturated rings. The minimum Gasteiger partial charge on any atom is -0.373 e. The second-order valence-electron chi connectivity index (χ2n) is 5.11. The Morgan fingerprint density at radius 2 is 1.76 bits per heavy atom. The Bertz CT molecular complexity index is 739. The molecule has 2 aliphatic heterocycles. The van der Waals surface area contributed by atoms with Crippen molar-refractivity contribution in [2.24, 2.45) is 0 Å². The fourth-order valence-corrected chi connectivity index (χ4v) is 3.91. The highest BCUT2D eigenvalue weighted by Gasteiger charge is 2.33. The number of carbonyl (C=O) groups excluding carboxylic acids is 1. The van der Waals surface area contributed by atoms with E-state index >= 15 is 0 Å². The van der Waals surface area contributed by atoms with Gasteiger partial charge in [-0.2, -0.15) is 0 Å². The number of hydrogen-bond acceptors (Lipinski definition) is 3. The van der Waals surface area contributed by atoms with Crippen LogP contribution in [-0.2, 0) is 4.79 Å². The fraction of sp³-hybridized carbons (Fsp3) is 0.118. The van der Waals surface area contributed by atoms with Gasteiger partial charge in [0, 0.05) is 22.0 Å². The smallest absolute Gasteiger partial charge is 0.250 e. The van der Waals surface area contributed by atoms with Crippen LogP contribution in [0.5, 0.6) is 0 Å². The summed E-state index contributed by atoms with van der Waals surface area (Å²) >= 11 is 1.68. The summed E-state index contributed by atoms with van der Waals surface area (Å²) in [6.45, 7) is 0.623. The summed E-state index contributed by atoms with van der Waals surface area (Å²) in [6, 6.07) is 18.2. The average molecular weight is 294 g/mol. The maximum Gasteiger partial charge on any atom is 0.250 e. The van der Waals surface area contributed by atoms with Crippen molar-refractivity contribution < 1.29 is 4.79 Å². The van der Waals surface area contributed by atoms with Gasteiger partial charge in [-0.3, -0.25) is 4.79 Å². The Morgan fingerprint density at radius 3 is 2.62 bits per heavy atom. The van der Waals surface area contributed by atoms with Crippen LogP contribution >= 0.6 is 11.8 Å². The number of para-hydroxylation sites is 1. The number of carbonyl (C=O) groups is 1. The van der Waals surface area contributed by atoms with E-state index in [4.69, 9.17) is 0 Å². The van der Waals surface area contributed by atoms with Gasteiger partial charge >= 0.3 is 0 Å². The maximum absolute atomic E-state index is 12.3. The van der Waals surface area contributed by atoms with E-state index in [-0.39, 0.29) is 11.9 Å². The molecule has 0 bridgehead atoms. The van der Waals surface area contributed by atoms with Crippen LogP contribution in [0.1, 0.15) is 11.6 Å². The van der Waals surface area contributed by atoms with Gasteiger partial charge in [0.05, 0.1) is 11.6 Å². The van der Waals surface area contributed by atoms with E-state index in [9.17, 15) is 4.79 Å². The largest absolute Gasteiger partial charge is 0.373 e. The van der Waals surface area contributed by atoms with Crippen LogP contribution in [-0.4, -0.2) is 12.5 Å². The molecule has 0 saturated carbocycles. The highest BCUT2D eigenvalue weighted by atomic mass is 32.2. The molecule has 1 atom stereocenters. The van der Waals surface area contributed by atoms with Crippen LogP contribution in [0.4, 0.5) is 5.69 Å². The number of benzene rings is 2. The first-order valence-electron chi connectivity index (χ1n) is 6.92. The molecular weight excluding hydrogens is 280 g/mol. The van der Waals surface area contributed by atoms with Crippen molar-refractivity contribution in [1.82, 2.24) is 5.32 Å². The van der Waals surface area contributed by atoms with E-state index in [1.807, 2.05) is 30.3 Å². The number of anilines is 1. The summed E-state index contributed by atoms with van der Waals surface area (Å²) in [4.78, 5) is 14.6. The molecule has 0 spiro atoms. The molecule has 0 radical (unpaired) electrons. The molecule has 1 unspecified atom stereocenters. The lowest BCUT2D eigenvalue weighted by Crippen LogP contribution is -2.23. The Kier molecular flexibility index (Phi) is 2.97. The lowest BCUT2D eigenvalue weighted by Gasteiger charge is -2.20. The molecular formula is C17H14N2OS. The summed E-state index contributed by atoms with van der Waals surface area (Å²) in [5, 5.41) is 6.48. The number of nitrogens with one attached hydrogen (secondary N) is 2. The van der Waals surface area contributed by atoms with E-state index < -0.39 is 0 Å². The van der Waals surface area contributed by atoms with Gasteiger partial charge in [0.1, 0.15) is 0 Å². The normalized spacial score (nSPS) is 20.2. The Hall–Kier alpha value is -2.20. The van der Waals surface area contributed by atoms with Gasteiger partial charge in [-0.15, -0.1) is 0 Å². The van der Waals surface area contributed by atoms with Crippen molar-refractivity contribution in [3.05, 3.63) is 70.6 Å². The van der Waals surface area contributed by atoms with Crippen LogP contribution in [0.3, 0.4) is 0 Å². The van der Waals surface area contributed by atoms with Crippen LogP contribution < -0.4 is 10.6 Å². The highest BCUT2D eigenvalue weighted by Crippen LogP contribution is 2.44. The van der Waals surface area contributed by atoms with Gasteiger partial charge < -0.3 is 10.6 Å². The summed E-state index contributed by atoms with van der Waals surface area (Å²) in [6.07, 6.45) is 0. The van der Waals surface area contributed by atoms with Crippen LogP contribution in [0.15, 0.2) is 70.0 Å². The lowest BCUT2D eigenvalue weighted by atomic mass is 9.98. The quantitative estimate of drug-likeness (QED) is 0.847. The van der Waals surface area contributed by atoms with E-state index in [1.165, 1.54) is 4.90 Å². The number of fused-ring (bicyclic) bond motifs is 1. The Labute approximate surface area is 127 Å². The standard InChI is InChI=1S/C17H14N2OS/c20-17-15-14(10-18-17)21-13-9-5-4-8-12(13)19-16(15)11-6-2-1-3-7-11/h1-9,16,19H,10H2,(H,18,20). The SMILES string of the molecule is O=C1NCC2=C1C(c1ccccc1)Nc1ccccc1S2. The molecule has 3 nitrogen and oxygen atoms in total. The van der Waals surface area contributed by atoms with Crippen molar-refractivity contribution in [3.8, 4) is 0 Å². The minimum absolute atomic E-state index is 0.0339. The van der Waals surface area contributed by atoms with Gasteiger partial charge in [-0.25, -0.2) is 0 Å². The third kappa shape index (κ3) is 2.12. The molecule has 2 N–H and O–H groups in total. The molecule has 0 saturated heterocycles.